The van der Waals surface area contributed by atoms with E-state index in [-0.39, 0.29) is 17.3 Å². The molecule has 1 unspecified atom stereocenters. The van der Waals surface area contributed by atoms with Gasteiger partial charge in [0.2, 0.25) is 11.5 Å². The molecule has 0 radical (unpaired) electrons. The van der Waals surface area contributed by atoms with E-state index in [1.165, 1.54) is 46.5 Å². The highest BCUT2D eigenvalue weighted by Crippen LogP contribution is 2.40. The van der Waals surface area contributed by atoms with Gasteiger partial charge in [-0.05, 0) is 42.8 Å². The first kappa shape index (κ1) is 20.5. The lowest BCUT2D eigenvalue weighted by Gasteiger charge is -2.13. The summed E-state index contributed by atoms with van der Waals surface area (Å²) in [6.45, 7) is 1.51. The number of benzene rings is 2. The number of hydrogen-bond donors (Lipinski definition) is 0. The third-order valence-corrected chi connectivity index (χ3v) is 4.35. The van der Waals surface area contributed by atoms with Crippen LogP contribution in [0.5, 0.6) is 28.7 Å². The first-order valence-electron chi connectivity index (χ1n) is 8.62. The minimum absolute atomic E-state index is 0.114. The molecule has 0 saturated heterocycles. The predicted octanol–water partition coefficient (Wildman–Crippen LogP) is 3.86. The van der Waals surface area contributed by atoms with Gasteiger partial charge in [0.05, 0.1) is 26.9 Å². The number of allylic oxidation sites excluding steroid dienone is 1. The zero-order valence-electron chi connectivity index (χ0n) is 16.3. The van der Waals surface area contributed by atoms with E-state index in [1.807, 2.05) is 0 Å². The molecule has 7 nitrogen and oxygen atoms in total. The Bertz CT molecular complexity index is 970. The summed E-state index contributed by atoms with van der Waals surface area (Å²) in [5.74, 6) is 1.10. The van der Waals surface area contributed by atoms with Crippen LogP contribution in [0.15, 0.2) is 36.1 Å². The number of ether oxygens (including phenoxy) is 5. The van der Waals surface area contributed by atoms with Gasteiger partial charge >= 0.3 is 5.97 Å². The quantitative estimate of drug-likeness (QED) is 0.305. The van der Waals surface area contributed by atoms with Crippen LogP contribution in [-0.2, 0) is 4.79 Å². The normalized spacial score (nSPS) is 14.8. The number of carbonyl (C=O) groups is 2. The molecule has 3 rings (SSSR count). The lowest BCUT2D eigenvalue weighted by molar-refractivity contribution is -0.133. The van der Waals surface area contributed by atoms with E-state index in [4.69, 9.17) is 35.3 Å². The summed E-state index contributed by atoms with van der Waals surface area (Å²) in [4.78, 5) is 24.3. The Hall–Kier alpha value is -3.19. The van der Waals surface area contributed by atoms with Crippen LogP contribution < -0.4 is 23.7 Å². The number of hydrogen-bond acceptors (Lipinski definition) is 7. The molecule has 0 saturated carbocycles. The van der Waals surface area contributed by atoms with Gasteiger partial charge in [0.25, 0.3) is 0 Å². The van der Waals surface area contributed by atoms with E-state index in [1.54, 1.807) is 18.2 Å². The molecule has 0 fully saturated rings. The summed E-state index contributed by atoms with van der Waals surface area (Å²) in [5.41, 5.74) is 0.987. The molecule has 0 aromatic heterocycles. The van der Waals surface area contributed by atoms with Crippen LogP contribution in [-0.4, -0.2) is 38.5 Å². The van der Waals surface area contributed by atoms with E-state index in [0.717, 1.165) is 0 Å². The summed E-state index contributed by atoms with van der Waals surface area (Å²) >= 11 is 5.70. The zero-order chi connectivity index (χ0) is 21.1. The number of Topliss-reactive ketones (excluding diaryl/α,β-unsaturated/α-hetero) is 1. The van der Waals surface area contributed by atoms with Crippen molar-refractivity contribution in [2.24, 2.45) is 0 Å². The summed E-state index contributed by atoms with van der Waals surface area (Å²) in [6.07, 6.45) is 1.57. The van der Waals surface area contributed by atoms with Crippen molar-refractivity contribution in [2.75, 3.05) is 21.3 Å². The van der Waals surface area contributed by atoms with Gasteiger partial charge in [-0.25, -0.2) is 0 Å². The average Bonchev–Trinajstić information content (AvgIpc) is 3.01. The van der Waals surface area contributed by atoms with Gasteiger partial charge < -0.3 is 23.7 Å². The molecule has 29 heavy (non-hydrogen) atoms. The molecular formula is C21H19ClO7. The molecule has 152 valence electrons. The fraction of sp³-hybridized carbons (Fsp3) is 0.238. The highest BCUT2D eigenvalue weighted by Gasteiger charge is 2.28. The van der Waals surface area contributed by atoms with Crippen LogP contribution in [0.25, 0.3) is 6.08 Å². The number of rotatable bonds is 6. The molecule has 0 spiro atoms. The highest BCUT2D eigenvalue weighted by atomic mass is 35.5. The van der Waals surface area contributed by atoms with Gasteiger partial charge in [-0.2, -0.15) is 0 Å². The minimum atomic E-state index is -0.790. The SMILES string of the molecule is COc1cc(/C=C2\Oc3cc(OC(=O)C(C)Cl)ccc3C2=O)cc(OC)c1OC. The lowest BCUT2D eigenvalue weighted by atomic mass is 10.1. The Balaban J connectivity index is 1.91. The molecular weight excluding hydrogens is 400 g/mol. The summed E-state index contributed by atoms with van der Waals surface area (Å²) in [6, 6.07) is 7.92. The van der Waals surface area contributed by atoms with Gasteiger partial charge in [0.15, 0.2) is 17.3 Å². The molecule has 0 N–H and O–H groups in total. The molecule has 0 amide bonds. The van der Waals surface area contributed by atoms with Crippen molar-refractivity contribution in [1.29, 1.82) is 0 Å². The standard InChI is InChI=1S/C21H19ClO7/c1-11(22)21(24)28-13-5-6-14-15(10-13)29-16(19(14)23)7-12-8-17(25-2)20(27-4)18(9-12)26-3/h5-11H,1-4H3/b16-7-. The van der Waals surface area contributed by atoms with E-state index in [0.29, 0.717) is 34.1 Å². The predicted molar refractivity (Wildman–Crippen MR) is 106 cm³/mol. The third-order valence-electron chi connectivity index (χ3n) is 4.17. The Kier molecular flexibility index (Phi) is 5.98. The van der Waals surface area contributed by atoms with Crippen LogP contribution in [0.2, 0.25) is 0 Å². The number of ketones is 1. The maximum atomic E-state index is 12.7. The molecule has 0 aliphatic carbocycles. The van der Waals surface area contributed by atoms with Crippen molar-refractivity contribution >= 4 is 29.4 Å². The fourth-order valence-corrected chi connectivity index (χ4v) is 2.81. The second kappa shape index (κ2) is 8.45. The number of esters is 1. The van der Waals surface area contributed by atoms with E-state index < -0.39 is 11.3 Å². The first-order chi connectivity index (χ1) is 13.9. The van der Waals surface area contributed by atoms with Crippen molar-refractivity contribution in [3.63, 3.8) is 0 Å². The van der Waals surface area contributed by atoms with Crippen LogP contribution in [0.1, 0.15) is 22.8 Å². The molecule has 1 aliphatic rings. The Morgan fingerprint density at radius 1 is 1.07 bits per heavy atom. The smallest absolute Gasteiger partial charge is 0.329 e. The summed E-state index contributed by atoms with van der Waals surface area (Å²) < 4.78 is 26.8. The monoisotopic (exact) mass is 418 g/mol. The minimum Gasteiger partial charge on any atom is -0.493 e. The summed E-state index contributed by atoms with van der Waals surface area (Å²) in [7, 11) is 4.52. The third kappa shape index (κ3) is 4.14. The molecule has 1 heterocycles. The van der Waals surface area contributed by atoms with Crippen molar-refractivity contribution in [2.45, 2.75) is 12.3 Å². The van der Waals surface area contributed by atoms with Crippen molar-refractivity contribution in [3.8, 4) is 28.7 Å². The Morgan fingerprint density at radius 3 is 2.28 bits per heavy atom. The number of alkyl halides is 1. The number of methoxy groups -OCH3 is 3. The van der Waals surface area contributed by atoms with E-state index in [2.05, 4.69) is 0 Å². The topological polar surface area (TPSA) is 80.3 Å². The second-order valence-corrected chi connectivity index (χ2v) is 6.75. The van der Waals surface area contributed by atoms with Crippen LogP contribution >= 0.6 is 11.6 Å². The van der Waals surface area contributed by atoms with Crippen LogP contribution in [0.4, 0.5) is 0 Å². The zero-order valence-corrected chi connectivity index (χ0v) is 17.0. The molecule has 2 aromatic rings. The molecule has 8 heteroatoms. The average molecular weight is 419 g/mol. The Morgan fingerprint density at radius 2 is 1.72 bits per heavy atom. The number of halogens is 1. The largest absolute Gasteiger partial charge is 0.493 e. The fourth-order valence-electron chi connectivity index (χ4n) is 2.76. The van der Waals surface area contributed by atoms with Gasteiger partial charge in [0.1, 0.15) is 16.9 Å². The Labute approximate surface area is 172 Å². The summed E-state index contributed by atoms with van der Waals surface area (Å²) in [5, 5.41) is -0.790. The van der Waals surface area contributed by atoms with Gasteiger partial charge in [-0.3, -0.25) is 9.59 Å². The van der Waals surface area contributed by atoms with Gasteiger partial charge in [-0.1, -0.05) is 0 Å². The number of fused-ring (bicyclic) bond motifs is 1. The van der Waals surface area contributed by atoms with Crippen molar-refractivity contribution in [3.05, 3.63) is 47.2 Å². The van der Waals surface area contributed by atoms with E-state index >= 15 is 0 Å². The number of carbonyl (C=O) groups excluding carboxylic acids is 2. The molecule has 0 bridgehead atoms. The maximum absolute atomic E-state index is 12.7. The second-order valence-electron chi connectivity index (χ2n) is 6.09. The maximum Gasteiger partial charge on any atom is 0.329 e. The van der Waals surface area contributed by atoms with Crippen molar-refractivity contribution in [1.82, 2.24) is 0 Å². The van der Waals surface area contributed by atoms with E-state index in [9.17, 15) is 9.59 Å². The van der Waals surface area contributed by atoms with Crippen molar-refractivity contribution < 1.29 is 33.3 Å². The molecule has 1 aliphatic heterocycles. The van der Waals surface area contributed by atoms with Gasteiger partial charge in [-0.15, -0.1) is 11.6 Å². The van der Waals surface area contributed by atoms with Crippen LogP contribution in [0, 0.1) is 0 Å². The molecule has 2 aromatic carbocycles. The molecule has 1 atom stereocenters. The van der Waals surface area contributed by atoms with Gasteiger partial charge in [0, 0.05) is 6.07 Å². The first-order valence-corrected chi connectivity index (χ1v) is 9.05. The van der Waals surface area contributed by atoms with Crippen LogP contribution in [0.3, 0.4) is 0 Å². The lowest BCUT2D eigenvalue weighted by Crippen LogP contribution is -2.17. The highest BCUT2D eigenvalue weighted by molar-refractivity contribution is 6.29.